The number of carbonyl (C=O) groups is 3. The van der Waals surface area contributed by atoms with Crippen LogP contribution in [0.1, 0.15) is 19.3 Å². The SMILES string of the molecule is COC(=O)CN(C)C(=O)N(CCC(=O)O)C1CC1. The Morgan fingerprint density at radius 2 is 1.94 bits per heavy atom. The highest BCUT2D eigenvalue weighted by molar-refractivity contribution is 5.81. The first-order chi connectivity index (χ1) is 8.45. The molecule has 1 saturated carbocycles. The molecule has 18 heavy (non-hydrogen) atoms. The Hall–Kier alpha value is -1.79. The average Bonchev–Trinajstić information content (AvgIpc) is 3.12. The van der Waals surface area contributed by atoms with E-state index in [1.165, 1.54) is 24.0 Å². The highest BCUT2D eigenvalue weighted by Gasteiger charge is 2.34. The van der Waals surface area contributed by atoms with Gasteiger partial charge in [-0.1, -0.05) is 0 Å². The summed E-state index contributed by atoms with van der Waals surface area (Å²) in [5.41, 5.74) is 0. The monoisotopic (exact) mass is 258 g/mol. The number of likely N-dealkylation sites (N-methyl/N-ethyl adjacent to an activating group) is 1. The van der Waals surface area contributed by atoms with Crippen LogP contribution in [-0.2, 0) is 14.3 Å². The number of rotatable bonds is 6. The van der Waals surface area contributed by atoms with Crippen molar-refractivity contribution in [1.82, 2.24) is 9.80 Å². The van der Waals surface area contributed by atoms with Crippen LogP contribution in [0.3, 0.4) is 0 Å². The van der Waals surface area contributed by atoms with Crippen LogP contribution in [0.15, 0.2) is 0 Å². The number of urea groups is 1. The second-order valence-corrected chi connectivity index (χ2v) is 4.28. The molecule has 1 rings (SSSR count). The van der Waals surface area contributed by atoms with Crippen molar-refractivity contribution in [1.29, 1.82) is 0 Å². The number of carbonyl (C=O) groups excluding carboxylic acids is 2. The van der Waals surface area contributed by atoms with Crippen LogP contribution in [0.4, 0.5) is 4.79 Å². The number of amides is 2. The van der Waals surface area contributed by atoms with Gasteiger partial charge in [0.15, 0.2) is 0 Å². The van der Waals surface area contributed by atoms with Crippen molar-refractivity contribution in [3.63, 3.8) is 0 Å². The number of hydrogen-bond donors (Lipinski definition) is 1. The minimum atomic E-state index is -0.941. The average molecular weight is 258 g/mol. The van der Waals surface area contributed by atoms with Crippen molar-refractivity contribution in [2.75, 3.05) is 27.2 Å². The third kappa shape index (κ3) is 4.23. The van der Waals surface area contributed by atoms with Gasteiger partial charge in [0, 0.05) is 19.6 Å². The second-order valence-electron chi connectivity index (χ2n) is 4.28. The summed E-state index contributed by atoms with van der Waals surface area (Å²) in [6, 6.07) is -0.221. The van der Waals surface area contributed by atoms with Crippen molar-refractivity contribution in [3.05, 3.63) is 0 Å². The molecule has 0 aromatic heterocycles. The fourth-order valence-electron chi connectivity index (χ4n) is 1.58. The van der Waals surface area contributed by atoms with Crippen LogP contribution in [0.25, 0.3) is 0 Å². The largest absolute Gasteiger partial charge is 0.481 e. The third-order valence-corrected chi connectivity index (χ3v) is 2.72. The van der Waals surface area contributed by atoms with Gasteiger partial charge in [-0.15, -0.1) is 0 Å². The Morgan fingerprint density at radius 3 is 2.39 bits per heavy atom. The zero-order chi connectivity index (χ0) is 13.7. The normalized spacial score (nSPS) is 13.9. The molecule has 1 fully saturated rings. The van der Waals surface area contributed by atoms with Crippen molar-refractivity contribution >= 4 is 18.0 Å². The summed E-state index contributed by atoms with van der Waals surface area (Å²) in [6.07, 6.45) is 1.68. The number of carboxylic acids is 1. The predicted molar refractivity (Wildman–Crippen MR) is 62.0 cm³/mol. The summed E-state index contributed by atoms with van der Waals surface area (Å²) in [7, 11) is 2.75. The minimum Gasteiger partial charge on any atom is -0.481 e. The molecule has 1 aliphatic carbocycles. The van der Waals surface area contributed by atoms with Gasteiger partial charge in [0.05, 0.1) is 13.5 Å². The quantitative estimate of drug-likeness (QED) is 0.685. The molecular formula is C11H18N2O5. The molecule has 0 unspecified atom stereocenters. The molecule has 0 aliphatic heterocycles. The lowest BCUT2D eigenvalue weighted by atomic mass is 10.3. The van der Waals surface area contributed by atoms with Gasteiger partial charge >= 0.3 is 18.0 Å². The van der Waals surface area contributed by atoms with E-state index in [0.29, 0.717) is 0 Å². The van der Waals surface area contributed by atoms with E-state index < -0.39 is 11.9 Å². The number of aliphatic carboxylic acids is 1. The standard InChI is InChI=1S/C11H18N2O5/c1-12(7-10(16)18-2)11(17)13(8-3-4-8)6-5-9(14)15/h8H,3-7H2,1-2H3,(H,14,15). The Labute approximate surface area is 105 Å². The van der Waals surface area contributed by atoms with E-state index >= 15 is 0 Å². The van der Waals surface area contributed by atoms with E-state index in [1.54, 1.807) is 0 Å². The number of carboxylic acid groups (broad SMARTS) is 1. The first-order valence-electron chi connectivity index (χ1n) is 5.76. The zero-order valence-corrected chi connectivity index (χ0v) is 10.6. The topological polar surface area (TPSA) is 87.2 Å². The summed E-state index contributed by atoms with van der Waals surface area (Å²) in [5, 5.41) is 8.64. The Balaban J connectivity index is 2.53. The molecule has 1 aliphatic rings. The maximum Gasteiger partial charge on any atom is 0.325 e. The summed E-state index contributed by atoms with van der Waals surface area (Å²) < 4.78 is 4.48. The third-order valence-electron chi connectivity index (χ3n) is 2.72. The Bertz CT molecular complexity index is 340. The summed E-state index contributed by atoms with van der Waals surface area (Å²) >= 11 is 0. The summed E-state index contributed by atoms with van der Waals surface area (Å²) in [6.45, 7) is 0.0377. The number of nitrogens with zero attached hydrogens (tertiary/aromatic N) is 2. The fraction of sp³-hybridized carbons (Fsp3) is 0.727. The molecule has 0 atom stereocenters. The zero-order valence-electron chi connectivity index (χ0n) is 10.6. The molecule has 0 spiro atoms. The number of hydrogen-bond acceptors (Lipinski definition) is 4. The van der Waals surface area contributed by atoms with Gasteiger partial charge < -0.3 is 19.6 Å². The highest BCUT2D eigenvalue weighted by Crippen LogP contribution is 2.27. The van der Waals surface area contributed by atoms with E-state index in [-0.39, 0.29) is 31.6 Å². The first kappa shape index (κ1) is 14.3. The van der Waals surface area contributed by atoms with E-state index in [2.05, 4.69) is 4.74 Å². The molecule has 0 aromatic rings. The van der Waals surface area contributed by atoms with Crippen LogP contribution >= 0.6 is 0 Å². The van der Waals surface area contributed by atoms with Crippen LogP contribution in [-0.4, -0.2) is 66.2 Å². The van der Waals surface area contributed by atoms with Gasteiger partial charge in [-0.25, -0.2) is 4.79 Å². The number of esters is 1. The lowest BCUT2D eigenvalue weighted by Crippen LogP contribution is -2.45. The van der Waals surface area contributed by atoms with Gasteiger partial charge in [0.1, 0.15) is 6.54 Å². The number of ether oxygens (including phenoxy) is 1. The van der Waals surface area contributed by atoms with Gasteiger partial charge in [-0.3, -0.25) is 9.59 Å². The van der Waals surface area contributed by atoms with E-state index in [9.17, 15) is 14.4 Å². The van der Waals surface area contributed by atoms with Crippen molar-refractivity contribution in [2.24, 2.45) is 0 Å². The van der Waals surface area contributed by atoms with Gasteiger partial charge in [0.2, 0.25) is 0 Å². The van der Waals surface area contributed by atoms with E-state index in [4.69, 9.17) is 5.11 Å². The maximum absolute atomic E-state index is 12.0. The molecule has 0 bridgehead atoms. The van der Waals surface area contributed by atoms with Crippen molar-refractivity contribution in [3.8, 4) is 0 Å². The number of methoxy groups -OCH3 is 1. The minimum absolute atomic E-state index is 0.0890. The molecule has 0 saturated heterocycles. The van der Waals surface area contributed by atoms with Crippen LogP contribution in [0.2, 0.25) is 0 Å². The van der Waals surface area contributed by atoms with Crippen LogP contribution in [0.5, 0.6) is 0 Å². The highest BCUT2D eigenvalue weighted by atomic mass is 16.5. The smallest absolute Gasteiger partial charge is 0.325 e. The molecular weight excluding hydrogens is 240 g/mol. The molecule has 7 heteroatoms. The molecule has 0 radical (unpaired) electrons. The molecule has 0 heterocycles. The van der Waals surface area contributed by atoms with Crippen molar-refractivity contribution < 1.29 is 24.2 Å². The molecule has 1 N–H and O–H groups in total. The molecule has 2 amide bonds. The van der Waals surface area contributed by atoms with Gasteiger partial charge in [0.25, 0.3) is 0 Å². The van der Waals surface area contributed by atoms with Crippen LogP contribution < -0.4 is 0 Å². The fourth-order valence-corrected chi connectivity index (χ4v) is 1.58. The lowest BCUT2D eigenvalue weighted by Gasteiger charge is -2.27. The maximum atomic E-state index is 12.0. The van der Waals surface area contributed by atoms with E-state index in [0.717, 1.165) is 12.8 Å². The first-order valence-corrected chi connectivity index (χ1v) is 5.76. The molecule has 7 nitrogen and oxygen atoms in total. The van der Waals surface area contributed by atoms with Crippen molar-refractivity contribution in [2.45, 2.75) is 25.3 Å². The summed E-state index contributed by atoms with van der Waals surface area (Å²) in [4.78, 5) is 36.4. The Morgan fingerprint density at radius 1 is 1.33 bits per heavy atom. The van der Waals surface area contributed by atoms with E-state index in [1.807, 2.05) is 0 Å². The van der Waals surface area contributed by atoms with Gasteiger partial charge in [-0.2, -0.15) is 0 Å². The Kier molecular flexibility index (Phi) is 4.94. The molecule has 0 aromatic carbocycles. The molecule has 102 valence electrons. The predicted octanol–water partition coefficient (Wildman–Crippen LogP) is 0.150. The van der Waals surface area contributed by atoms with Gasteiger partial charge in [-0.05, 0) is 12.8 Å². The van der Waals surface area contributed by atoms with Crippen LogP contribution in [0, 0.1) is 0 Å². The lowest BCUT2D eigenvalue weighted by molar-refractivity contribution is -0.141. The summed E-state index contributed by atoms with van der Waals surface area (Å²) in [5.74, 6) is -1.44. The second kappa shape index (κ2) is 6.23.